The average Bonchev–Trinajstić information content (AvgIpc) is 3.15. The van der Waals surface area contributed by atoms with Gasteiger partial charge in [-0.1, -0.05) is 23.3 Å². The van der Waals surface area contributed by atoms with Crippen LogP contribution in [0.4, 0.5) is 4.39 Å². The molecule has 1 amide bonds. The molecule has 1 aliphatic rings. The molecule has 1 aromatic heterocycles. The lowest BCUT2D eigenvalue weighted by atomic mass is 10.1. The quantitative estimate of drug-likeness (QED) is 0.680. The summed E-state index contributed by atoms with van der Waals surface area (Å²) in [7, 11) is 0. The number of rotatable bonds is 4. The standard InChI is InChI=1S/C21H23FN6O/c1-15-10-16(2)12-17(11-15)21(29)27-8-6-26(7-9-27)14-20-23-24-25-28(20)19-5-3-4-18(22)13-19/h3-5,10-13H,6-9,14H2,1-2H3. The van der Waals surface area contributed by atoms with Crippen molar-refractivity contribution in [3.05, 3.63) is 70.8 Å². The van der Waals surface area contributed by atoms with E-state index in [-0.39, 0.29) is 11.7 Å². The molecule has 150 valence electrons. The van der Waals surface area contributed by atoms with E-state index in [0.717, 1.165) is 29.8 Å². The molecular formula is C21H23FN6O. The number of aromatic nitrogens is 4. The first-order chi connectivity index (χ1) is 14.0. The van der Waals surface area contributed by atoms with Crippen molar-refractivity contribution in [1.29, 1.82) is 0 Å². The SMILES string of the molecule is Cc1cc(C)cc(C(=O)N2CCN(Cc3nnnn3-c3cccc(F)c3)CC2)c1. The minimum absolute atomic E-state index is 0.0704. The van der Waals surface area contributed by atoms with E-state index in [0.29, 0.717) is 31.1 Å². The Balaban J connectivity index is 1.40. The molecule has 1 aliphatic heterocycles. The lowest BCUT2D eigenvalue weighted by Crippen LogP contribution is -2.48. The average molecular weight is 394 g/mol. The first-order valence-corrected chi connectivity index (χ1v) is 9.63. The fourth-order valence-corrected chi connectivity index (χ4v) is 3.70. The molecule has 0 bridgehead atoms. The number of aryl methyl sites for hydroxylation is 2. The number of tetrazole rings is 1. The minimum Gasteiger partial charge on any atom is -0.336 e. The van der Waals surface area contributed by atoms with Gasteiger partial charge in [-0.15, -0.1) is 5.10 Å². The molecule has 0 aliphatic carbocycles. The summed E-state index contributed by atoms with van der Waals surface area (Å²) in [6.45, 7) is 7.30. The number of amides is 1. The fraction of sp³-hybridized carbons (Fsp3) is 0.333. The third-order valence-corrected chi connectivity index (χ3v) is 5.08. The van der Waals surface area contributed by atoms with Gasteiger partial charge in [-0.05, 0) is 54.6 Å². The highest BCUT2D eigenvalue weighted by Crippen LogP contribution is 2.15. The number of hydrogen-bond acceptors (Lipinski definition) is 5. The van der Waals surface area contributed by atoms with Crippen LogP contribution in [0.3, 0.4) is 0 Å². The Hall–Kier alpha value is -3.13. The number of hydrogen-bond donors (Lipinski definition) is 0. The minimum atomic E-state index is -0.331. The van der Waals surface area contributed by atoms with Gasteiger partial charge in [-0.2, -0.15) is 4.68 Å². The number of halogens is 1. The maximum Gasteiger partial charge on any atom is 0.253 e. The topological polar surface area (TPSA) is 67.2 Å². The van der Waals surface area contributed by atoms with Crippen LogP contribution in [0, 0.1) is 19.7 Å². The molecule has 0 unspecified atom stereocenters. The molecule has 0 N–H and O–H groups in total. The van der Waals surface area contributed by atoms with Gasteiger partial charge in [0, 0.05) is 31.7 Å². The van der Waals surface area contributed by atoms with Crippen molar-refractivity contribution in [2.45, 2.75) is 20.4 Å². The highest BCUT2D eigenvalue weighted by atomic mass is 19.1. The molecule has 29 heavy (non-hydrogen) atoms. The molecule has 0 atom stereocenters. The second-order valence-corrected chi connectivity index (χ2v) is 7.43. The Kier molecular flexibility index (Phi) is 5.35. The predicted molar refractivity (Wildman–Crippen MR) is 106 cm³/mol. The van der Waals surface area contributed by atoms with E-state index in [1.807, 2.05) is 30.9 Å². The molecule has 4 rings (SSSR count). The van der Waals surface area contributed by atoms with Crippen LogP contribution in [-0.2, 0) is 6.54 Å². The maximum atomic E-state index is 13.5. The van der Waals surface area contributed by atoms with E-state index in [9.17, 15) is 9.18 Å². The Morgan fingerprint density at radius 3 is 2.45 bits per heavy atom. The number of piperazine rings is 1. The van der Waals surface area contributed by atoms with Crippen LogP contribution in [0.1, 0.15) is 27.3 Å². The van der Waals surface area contributed by atoms with Crippen LogP contribution < -0.4 is 0 Å². The molecule has 8 heteroatoms. The van der Waals surface area contributed by atoms with Gasteiger partial charge in [0.1, 0.15) is 5.82 Å². The number of benzene rings is 2. The molecule has 1 fully saturated rings. The third-order valence-electron chi connectivity index (χ3n) is 5.08. The van der Waals surface area contributed by atoms with E-state index < -0.39 is 0 Å². The molecule has 1 saturated heterocycles. The summed E-state index contributed by atoms with van der Waals surface area (Å²) in [4.78, 5) is 16.9. The van der Waals surface area contributed by atoms with E-state index in [4.69, 9.17) is 0 Å². The van der Waals surface area contributed by atoms with Crippen LogP contribution in [0.2, 0.25) is 0 Å². The molecule has 2 aromatic carbocycles. The van der Waals surface area contributed by atoms with Crippen LogP contribution in [0.5, 0.6) is 0 Å². The fourth-order valence-electron chi connectivity index (χ4n) is 3.70. The first-order valence-electron chi connectivity index (χ1n) is 9.63. The predicted octanol–water partition coefficient (Wildman–Crippen LogP) is 2.38. The third kappa shape index (κ3) is 4.32. The summed E-state index contributed by atoms with van der Waals surface area (Å²) in [6.07, 6.45) is 0. The Morgan fingerprint density at radius 2 is 1.76 bits per heavy atom. The van der Waals surface area contributed by atoms with Crippen molar-refractivity contribution < 1.29 is 9.18 Å². The van der Waals surface area contributed by atoms with Gasteiger partial charge in [-0.3, -0.25) is 9.69 Å². The second kappa shape index (κ2) is 8.08. The highest BCUT2D eigenvalue weighted by molar-refractivity contribution is 5.94. The van der Waals surface area contributed by atoms with Crippen LogP contribution in [0.15, 0.2) is 42.5 Å². The van der Waals surface area contributed by atoms with Gasteiger partial charge < -0.3 is 4.90 Å². The first kappa shape index (κ1) is 19.2. The van der Waals surface area contributed by atoms with E-state index >= 15 is 0 Å². The van der Waals surface area contributed by atoms with Crippen molar-refractivity contribution in [2.24, 2.45) is 0 Å². The van der Waals surface area contributed by atoms with Gasteiger partial charge in [0.15, 0.2) is 5.82 Å². The molecule has 2 heterocycles. The zero-order valence-electron chi connectivity index (χ0n) is 16.5. The van der Waals surface area contributed by atoms with Crippen molar-refractivity contribution in [1.82, 2.24) is 30.0 Å². The molecular weight excluding hydrogens is 371 g/mol. The number of carbonyl (C=O) groups excluding carboxylic acids is 1. The van der Waals surface area contributed by atoms with E-state index in [1.54, 1.807) is 16.8 Å². The van der Waals surface area contributed by atoms with Gasteiger partial charge >= 0.3 is 0 Å². The zero-order chi connectivity index (χ0) is 20.4. The van der Waals surface area contributed by atoms with Crippen molar-refractivity contribution >= 4 is 5.91 Å². The number of carbonyl (C=O) groups is 1. The van der Waals surface area contributed by atoms with Crippen molar-refractivity contribution in [3.8, 4) is 5.69 Å². The summed E-state index contributed by atoms with van der Waals surface area (Å²) >= 11 is 0. The van der Waals surface area contributed by atoms with Gasteiger partial charge in [0.2, 0.25) is 0 Å². The Morgan fingerprint density at radius 1 is 1.03 bits per heavy atom. The van der Waals surface area contributed by atoms with Crippen LogP contribution in [-0.4, -0.2) is 62.1 Å². The Bertz CT molecular complexity index is 1010. The van der Waals surface area contributed by atoms with Gasteiger partial charge in [0.05, 0.1) is 12.2 Å². The van der Waals surface area contributed by atoms with Crippen molar-refractivity contribution in [3.63, 3.8) is 0 Å². The normalized spacial score (nSPS) is 14.9. The summed E-state index contributed by atoms with van der Waals surface area (Å²) in [6, 6.07) is 12.1. The molecule has 7 nitrogen and oxygen atoms in total. The second-order valence-electron chi connectivity index (χ2n) is 7.43. The van der Waals surface area contributed by atoms with Crippen LogP contribution in [0.25, 0.3) is 5.69 Å². The summed E-state index contributed by atoms with van der Waals surface area (Å²) in [5, 5.41) is 11.8. The van der Waals surface area contributed by atoms with Gasteiger partial charge in [0.25, 0.3) is 5.91 Å². The zero-order valence-corrected chi connectivity index (χ0v) is 16.5. The molecule has 0 spiro atoms. The largest absolute Gasteiger partial charge is 0.336 e. The lowest BCUT2D eigenvalue weighted by molar-refractivity contribution is 0.0624. The van der Waals surface area contributed by atoms with Gasteiger partial charge in [-0.25, -0.2) is 4.39 Å². The molecule has 3 aromatic rings. The van der Waals surface area contributed by atoms with Crippen molar-refractivity contribution in [2.75, 3.05) is 26.2 Å². The van der Waals surface area contributed by atoms with E-state index in [1.165, 1.54) is 12.1 Å². The summed E-state index contributed by atoms with van der Waals surface area (Å²) in [5.41, 5.74) is 3.52. The molecule has 0 saturated carbocycles. The monoisotopic (exact) mass is 394 g/mol. The summed E-state index contributed by atoms with van der Waals surface area (Å²) in [5.74, 6) is 0.383. The smallest absolute Gasteiger partial charge is 0.253 e. The van der Waals surface area contributed by atoms with E-state index in [2.05, 4.69) is 26.5 Å². The maximum absolute atomic E-state index is 13.5. The molecule has 0 radical (unpaired) electrons. The van der Waals surface area contributed by atoms with Crippen LogP contribution >= 0.6 is 0 Å². The highest BCUT2D eigenvalue weighted by Gasteiger charge is 2.24. The Labute approximate surface area is 168 Å². The number of nitrogens with zero attached hydrogens (tertiary/aromatic N) is 6. The lowest BCUT2D eigenvalue weighted by Gasteiger charge is -2.34. The summed E-state index contributed by atoms with van der Waals surface area (Å²) < 4.78 is 15.1.